The van der Waals surface area contributed by atoms with Gasteiger partial charge >= 0.3 is 12.1 Å². The molecule has 1 aliphatic rings. The zero-order valence-electron chi connectivity index (χ0n) is 16.9. The Kier molecular flexibility index (Phi) is 5.04. The third-order valence-corrected chi connectivity index (χ3v) is 5.61. The maximum atomic E-state index is 12.6. The molecule has 1 amide bonds. The van der Waals surface area contributed by atoms with E-state index in [9.17, 15) is 9.59 Å². The Morgan fingerprint density at radius 1 is 0.900 bits per heavy atom. The van der Waals surface area contributed by atoms with Gasteiger partial charge in [-0.15, -0.1) is 0 Å². The minimum Gasteiger partial charge on any atom is -0.478 e. The Balaban J connectivity index is 1.45. The van der Waals surface area contributed by atoms with Crippen LogP contribution >= 0.6 is 0 Å². The van der Waals surface area contributed by atoms with Gasteiger partial charge in [0.25, 0.3) is 0 Å². The summed E-state index contributed by atoms with van der Waals surface area (Å²) in [5.74, 6) is -0.982. The zero-order chi connectivity index (χ0) is 21.3. The van der Waals surface area contributed by atoms with E-state index in [2.05, 4.69) is 29.6 Å². The van der Waals surface area contributed by atoms with Crippen molar-refractivity contribution in [2.75, 3.05) is 6.61 Å². The van der Waals surface area contributed by atoms with Crippen LogP contribution in [0.3, 0.4) is 0 Å². The third kappa shape index (κ3) is 3.66. The van der Waals surface area contributed by atoms with Crippen molar-refractivity contribution in [3.8, 4) is 11.1 Å². The van der Waals surface area contributed by atoms with Gasteiger partial charge in [-0.1, -0.05) is 60.7 Å². The molecule has 0 atom stereocenters. The van der Waals surface area contributed by atoms with Crippen molar-refractivity contribution in [2.24, 2.45) is 0 Å². The zero-order valence-corrected chi connectivity index (χ0v) is 16.9. The molecule has 5 heteroatoms. The van der Waals surface area contributed by atoms with E-state index in [1.165, 1.54) is 23.3 Å². The van der Waals surface area contributed by atoms with Crippen LogP contribution in [0.1, 0.15) is 46.8 Å². The first kappa shape index (κ1) is 19.7. The van der Waals surface area contributed by atoms with Crippen LogP contribution in [-0.2, 0) is 10.3 Å². The number of carbonyl (C=O) groups is 2. The highest BCUT2D eigenvalue weighted by Gasteiger charge is 2.30. The maximum Gasteiger partial charge on any atom is 0.407 e. The lowest BCUT2D eigenvalue weighted by Gasteiger charge is -2.27. The van der Waals surface area contributed by atoms with Crippen molar-refractivity contribution >= 4 is 12.1 Å². The summed E-state index contributed by atoms with van der Waals surface area (Å²) in [7, 11) is 0. The predicted molar refractivity (Wildman–Crippen MR) is 115 cm³/mol. The highest BCUT2D eigenvalue weighted by Crippen LogP contribution is 2.44. The Bertz CT molecular complexity index is 1060. The van der Waals surface area contributed by atoms with E-state index < -0.39 is 17.6 Å². The van der Waals surface area contributed by atoms with Crippen LogP contribution in [0.15, 0.2) is 72.8 Å². The average molecular weight is 401 g/mol. The molecule has 1 aliphatic carbocycles. The summed E-state index contributed by atoms with van der Waals surface area (Å²) in [4.78, 5) is 23.6. The fourth-order valence-electron chi connectivity index (χ4n) is 3.99. The lowest BCUT2D eigenvalue weighted by molar-refractivity contribution is 0.0696. The van der Waals surface area contributed by atoms with E-state index in [4.69, 9.17) is 9.84 Å². The molecule has 30 heavy (non-hydrogen) atoms. The molecule has 0 heterocycles. The number of aromatic carboxylic acids is 1. The second-order valence-corrected chi connectivity index (χ2v) is 7.96. The molecule has 0 spiro atoms. The predicted octanol–water partition coefficient (Wildman–Crippen LogP) is 5.16. The first-order valence-electron chi connectivity index (χ1n) is 9.84. The van der Waals surface area contributed by atoms with Crippen molar-refractivity contribution in [3.63, 3.8) is 0 Å². The number of carboxylic acids is 1. The van der Waals surface area contributed by atoms with Crippen LogP contribution in [0, 0.1) is 0 Å². The summed E-state index contributed by atoms with van der Waals surface area (Å²) in [6, 6.07) is 22.8. The van der Waals surface area contributed by atoms with Gasteiger partial charge in [0, 0.05) is 5.92 Å². The van der Waals surface area contributed by atoms with Gasteiger partial charge in [0.05, 0.1) is 11.1 Å². The average Bonchev–Trinajstić information content (AvgIpc) is 3.06. The number of amides is 1. The van der Waals surface area contributed by atoms with Gasteiger partial charge < -0.3 is 15.2 Å². The van der Waals surface area contributed by atoms with Crippen LogP contribution in [0.25, 0.3) is 11.1 Å². The molecule has 152 valence electrons. The topological polar surface area (TPSA) is 75.6 Å². The van der Waals surface area contributed by atoms with Crippen LogP contribution in [-0.4, -0.2) is 23.8 Å². The number of ether oxygens (including phenoxy) is 1. The van der Waals surface area contributed by atoms with Gasteiger partial charge in [-0.05, 0) is 53.8 Å². The van der Waals surface area contributed by atoms with E-state index in [0.717, 1.165) is 16.7 Å². The molecule has 5 nitrogen and oxygen atoms in total. The summed E-state index contributed by atoms with van der Waals surface area (Å²) in [5.41, 5.74) is 4.98. The van der Waals surface area contributed by atoms with Crippen molar-refractivity contribution < 1.29 is 19.4 Å². The molecule has 0 unspecified atom stereocenters. The molecule has 0 fully saturated rings. The SMILES string of the molecule is CC(C)(NC(=O)OCC1c2ccccc2-c2ccccc21)c1ccc(C(=O)O)cc1. The number of hydrogen-bond acceptors (Lipinski definition) is 3. The summed E-state index contributed by atoms with van der Waals surface area (Å²) < 4.78 is 5.61. The first-order chi connectivity index (χ1) is 14.4. The van der Waals surface area contributed by atoms with E-state index >= 15 is 0 Å². The van der Waals surface area contributed by atoms with E-state index in [1.54, 1.807) is 12.1 Å². The van der Waals surface area contributed by atoms with Gasteiger partial charge in [-0.25, -0.2) is 9.59 Å². The van der Waals surface area contributed by atoms with Gasteiger partial charge in [0.2, 0.25) is 0 Å². The molecule has 0 saturated carbocycles. The van der Waals surface area contributed by atoms with E-state index in [-0.39, 0.29) is 18.1 Å². The number of benzene rings is 3. The first-order valence-corrected chi connectivity index (χ1v) is 9.84. The lowest BCUT2D eigenvalue weighted by atomic mass is 9.93. The van der Waals surface area contributed by atoms with E-state index in [0.29, 0.717) is 0 Å². The minimum absolute atomic E-state index is 0.00103. The monoisotopic (exact) mass is 401 g/mol. The molecular weight excluding hydrogens is 378 g/mol. The lowest BCUT2D eigenvalue weighted by Crippen LogP contribution is -2.41. The largest absolute Gasteiger partial charge is 0.478 e. The maximum absolute atomic E-state index is 12.6. The molecule has 2 N–H and O–H groups in total. The van der Waals surface area contributed by atoms with Crippen molar-refractivity contribution in [1.82, 2.24) is 5.32 Å². The van der Waals surface area contributed by atoms with Crippen molar-refractivity contribution in [3.05, 3.63) is 95.1 Å². The van der Waals surface area contributed by atoms with Crippen molar-refractivity contribution in [2.45, 2.75) is 25.3 Å². The molecule has 3 aromatic carbocycles. The summed E-state index contributed by atoms with van der Waals surface area (Å²) in [5, 5.41) is 11.9. The quantitative estimate of drug-likeness (QED) is 0.619. The second-order valence-electron chi connectivity index (χ2n) is 7.96. The number of nitrogens with one attached hydrogen (secondary N) is 1. The van der Waals surface area contributed by atoms with E-state index in [1.807, 2.05) is 38.1 Å². The molecule has 4 rings (SSSR count). The highest BCUT2D eigenvalue weighted by atomic mass is 16.5. The number of fused-ring (bicyclic) bond motifs is 3. The molecule has 0 saturated heterocycles. The molecule has 3 aromatic rings. The number of hydrogen-bond donors (Lipinski definition) is 2. The summed E-state index contributed by atoms with van der Waals surface area (Å²) in [6.07, 6.45) is -0.510. The molecular formula is C25H23NO4. The highest BCUT2D eigenvalue weighted by molar-refractivity contribution is 5.87. The van der Waals surface area contributed by atoms with Crippen LogP contribution in [0.4, 0.5) is 4.79 Å². The Hall–Kier alpha value is -3.60. The summed E-state index contributed by atoms with van der Waals surface area (Å²) in [6.45, 7) is 3.95. The molecule has 0 bridgehead atoms. The fourth-order valence-corrected chi connectivity index (χ4v) is 3.99. The second kappa shape index (κ2) is 7.67. The number of rotatable bonds is 5. The normalized spacial score (nSPS) is 12.7. The summed E-state index contributed by atoms with van der Waals surface area (Å²) >= 11 is 0. The Labute approximate surface area is 175 Å². The van der Waals surface area contributed by atoms with Crippen molar-refractivity contribution in [1.29, 1.82) is 0 Å². The number of carboxylic acid groups (broad SMARTS) is 1. The van der Waals surface area contributed by atoms with Gasteiger partial charge in [-0.3, -0.25) is 0 Å². The minimum atomic E-state index is -0.983. The van der Waals surface area contributed by atoms with Crippen LogP contribution < -0.4 is 5.32 Å². The number of alkyl carbamates (subject to hydrolysis) is 1. The van der Waals surface area contributed by atoms with Crippen LogP contribution in [0.2, 0.25) is 0 Å². The van der Waals surface area contributed by atoms with Crippen LogP contribution in [0.5, 0.6) is 0 Å². The fraction of sp³-hybridized carbons (Fsp3) is 0.200. The Morgan fingerprint density at radius 2 is 1.43 bits per heavy atom. The standard InChI is InChI=1S/C25H23NO4/c1-25(2,17-13-11-16(12-14-17)23(27)28)26-24(29)30-15-22-20-9-5-3-7-18(20)19-8-4-6-10-21(19)22/h3-14,22H,15H2,1-2H3,(H,26,29)(H,27,28). The third-order valence-electron chi connectivity index (χ3n) is 5.61. The van der Waals surface area contributed by atoms with Gasteiger partial charge in [0.1, 0.15) is 6.61 Å². The van der Waals surface area contributed by atoms with Gasteiger partial charge in [-0.2, -0.15) is 0 Å². The molecule has 0 aliphatic heterocycles. The molecule has 0 aromatic heterocycles. The van der Waals surface area contributed by atoms with Gasteiger partial charge in [0.15, 0.2) is 0 Å². The molecule has 0 radical (unpaired) electrons. The number of carbonyl (C=O) groups excluding carboxylic acids is 1. The Morgan fingerprint density at radius 3 is 1.97 bits per heavy atom. The smallest absolute Gasteiger partial charge is 0.407 e.